The molecule has 2 amide bonds. The molecule has 0 bridgehead atoms. The molecule has 4 rings (SSSR count). The summed E-state index contributed by atoms with van der Waals surface area (Å²) in [7, 11) is 1.87. The third kappa shape index (κ3) is 2.81. The number of benzene rings is 1. The average Bonchev–Trinajstić information content (AvgIpc) is 3.21. The van der Waals surface area contributed by atoms with Crippen LogP contribution < -0.4 is 5.32 Å². The van der Waals surface area contributed by atoms with Crippen LogP contribution in [0, 0.1) is 13.8 Å². The lowest BCUT2D eigenvalue weighted by molar-refractivity contribution is 0.207. The molecule has 6 heteroatoms. The van der Waals surface area contributed by atoms with Crippen molar-refractivity contribution in [2.24, 2.45) is 7.05 Å². The van der Waals surface area contributed by atoms with Gasteiger partial charge in [0.25, 0.3) is 0 Å². The number of nitrogens with zero attached hydrogens (tertiary/aromatic N) is 4. The van der Waals surface area contributed by atoms with E-state index in [4.69, 9.17) is 0 Å². The molecule has 134 valence electrons. The fourth-order valence-electron chi connectivity index (χ4n) is 3.87. The molecule has 3 heterocycles. The fourth-order valence-corrected chi connectivity index (χ4v) is 3.87. The van der Waals surface area contributed by atoms with Gasteiger partial charge in [0.15, 0.2) is 5.65 Å². The molecule has 1 atom stereocenters. The van der Waals surface area contributed by atoms with Crippen LogP contribution in [0.25, 0.3) is 11.0 Å². The molecular weight excluding hydrogens is 326 g/mol. The van der Waals surface area contributed by atoms with Gasteiger partial charge in [-0.15, -0.1) is 0 Å². The highest BCUT2D eigenvalue weighted by Crippen LogP contribution is 2.34. The summed E-state index contributed by atoms with van der Waals surface area (Å²) in [4.78, 5) is 19.3. The molecule has 0 saturated carbocycles. The molecule has 0 aliphatic carbocycles. The van der Waals surface area contributed by atoms with Crippen molar-refractivity contribution in [3.8, 4) is 0 Å². The highest BCUT2D eigenvalue weighted by Gasteiger charge is 2.30. The van der Waals surface area contributed by atoms with Crippen LogP contribution in [0.15, 0.2) is 36.5 Å². The smallest absolute Gasteiger partial charge is 0.317 e. The Balaban J connectivity index is 1.58. The molecule has 1 unspecified atom stereocenters. The lowest BCUT2D eigenvalue weighted by Crippen LogP contribution is -2.34. The topological polar surface area (TPSA) is 63.1 Å². The number of rotatable bonds is 2. The third-order valence-corrected chi connectivity index (χ3v) is 5.18. The van der Waals surface area contributed by atoms with E-state index in [1.807, 2.05) is 37.1 Å². The number of carbonyl (C=O) groups excluding carboxylic acids is 1. The molecule has 6 nitrogen and oxygen atoms in total. The average molecular weight is 349 g/mol. The van der Waals surface area contributed by atoms with Crippen LogP contribution in [0.2, 0.25) is 0 Å². The van der Waals surface area contributed by atoms with Gasteiger partial charge in [0.05, 0.1) is 23.6 Å². The number of anilines is 1. The molecule has 2 aromatic heterocycles. The Morgan fingerprint density at radius 2 is 2.08 bits per heavy atom. The molecular formula is C20H23N5O. The number of aromatic nitrogens is 3. The van der Waals surface area contributed by atoms with Gasteiger partial charge in [0.1, 0.15) is 0 Å². The predicted octanol–water partition coefficient (Wildman–Crippen LogP) is 3.95. The third-order valence-electron chi connectivity index (χ3n) is 5.18. The normalized spacial score (nSPS) is 17.0. The Bertz CT molecular complexity index is 977. The summed E-state index contributed by atoms with van der Waals surface area (Å²) in [5.74, 6) is 0. The molecule has 1 fully saturated rings. The summed E-state index contributed by atoms with van der Waals surface area (Å²) in [6.45, 7) is 4.82. The molecule has 1 aromatic carbocycles. The molecule has 3 aromatic rings. The molecule has 26 heavy (non-hydrogen) atoms. The number of hydrogen-bond acceptors (Lipinski definition) is 3. The SMILES string of the molecule is Cc1ccccc1C1CCCN1C(=O)Nc1cnc2c(c1)c(C)nn2C. The first kappa shape index (κ1) is 16.6. The van der Waals surface area contributed by atoms with E-state index in [1.165, 1.54) is 11.1 Å². The summed E-state index contributed by atoms with van der Waals surface area (Å²) in [5, 5.41) is 8.36. The maximum Gasteiger partial charge on any atom is 0.322 e. The zero-order chi connectivity index (χ0) is 18.3. The first-order chi connectivity index (χ1) is 12.5. The Labute approximate surface area is 152 Å². The van der Waals surface area contributed by atoms with E-state index >= 15 is 0 Å². The Morgan fingerprint density at radius 3 is 2.88 bits per heavy atom. The second kappa shape index (κ2) is 6.44. The number of pyridine rings is 1. The van der Waals surface area contributed by atoms with Crippen LogP contribution in [-0.2, 0) is 7.05 Å². The van der Waals surface area contributed by atoms with E-state index in [0.29, 0.717) is 5.69 Å². The van der Waals surface area contributed by atoms with Gasteiger partial charge in [-0.3, -0.25) is 4.68 Å². The van der Waals surface area contributed by atoms with Crippen LogP contribution in [0.3, 0.4) is 0 Å². The fraction of sp³-hybridized carbons (Fsp3) is 0.350. The van der Waals surface area contributed by atoms with E-state index in [-0.39, 0.29) is 12.1 Å². The van der Waals surface area contributed by atoms with Gasteiger partial charge in [-0.25, -0.2) is 9.78 Å². The Kier molecular flexibility index (Phi) is 4.11. The summed E-state index contributed by atoms with van der Waals surface area (Å²) in [5.41, 5.74) is 4.89. The highest BCUT2D eigenvalue weighted by molar-refractivity contribution is 5.92. The molecule has 1 aliphatic rings. The second-order valence-corrected chi connectivity index (χ2v) is 6.94. The van der Waals surface area contributed by atoms with Crippen molar-refractivity contribution in [2.45, 2.75) is 32.7 Å². The van der Waals surface area contributed by atoms with Gasteiger partial charge < -0.3 is 10.2 Å². The van der Waals surface area contributed by atoms with Crippen molar-refractivity contribution >= 4 is 22.8 Å². The number of carbonyl (C=O) groups is 1. The quantitative estimate of drug-likeness (QED) is 0.762. The monoisotopic (exact) mass is 349 g/mol. The highest BCUT2D eigenvalue weighted by atomic mass is 16.2. The number of hydrogen-bond donors (Lipinski definition) is 1. The largest absolute Gasteiger partial charge is 0.322 e. The van der Waals surface area contributed by atoms with Crippen LogP contribution in [0.5, 0.6) is 0 Å². The number of urea groups is 1. The summed E-state index contributed by atoms with van der Waals surface area (Å²) in [6, 6.07) is 10.3. The lowest BCUT2D eigenvalue weighted by Gasteiger charge is -2.26. The van der Waals surface area contributed by atoms with Gasteiger partial charge in [0, 0.05) is 19.0 Å². The first-order valence-electron chi connectivity index (χ1n) is 8.97. The Morgan fingerprint density at radius 1 is 1.27 bits per heavy atom. The first-order valence-corrected chi connectivity index (χ1v) is 8.97. The van der Waals surface area contributed by atoms with Crippen molar-refractivity contribution in [3.63, 3.8) is 0 Å². The predicted molar refractivity (Wildman–Crippen MR) is 102 cm³/mol. The number of aryl methyl sites for hydroxylation is 3. The van der Waals surface area contributed by atoms with Gasteiger partial charge >= 0.3 is 6.03 Å². The number of amides is 2. The Hall–Kier alpha value is -2.89. The minimum atomic E-state index is -0.0709. The van der Waals surface area contributed by atoms with Crippen molar-refractivity contribution in [3.05, 3.63) is 53.3 Å². The van der Waals surface area contributed by atoms with E-state index < -0.39 is 0 Å². The molecule has 1 N–H and O–H groups in total. The molecule has 0 spiro atoms. The van der Waals surface area contributed by atoms with Crippen molar-refractivity contribution < 1.29 is 4.79 Å². The number of nitrogens with one attached hydrogen (secondary N) is 1. The van der Waals surface area contributed by atoms with Crippen LogP contribution in [0.1, 0.15) is 35.7 Å². The van der Waals surface area contributed by atoms with Crippen molar-refractivity contribution in [1.82, 2.24) is 19.7 Å². The van der Waals surface area contributed by atoms with Crippen LogP contribution >= 0.6 is 0 Å². The standard InChI is InChI=1S/C20H23N5O/c1-13-7-4-5-8-16(13)18-9-6-10-25(18)20(26)22-15-11-17-14(2)23-24(3)19(17)21-12-15/h4-5,7-8,11-12,18H,6,9-10H2,1-3H3,(H,22,26). The number of fused-ring (bicyclic) bond motifs is 1. The summed E-state index contributed by atoms with van der Waals surface area (Å²) < 4.78 is 1.75. The number of likely N-dealkylation sites (tertiary alicyclic amines) is 1. The minimum absolute atomic E-state index is 0.0709. The molecule has 0 radical (unpaired) electrons. The lowest BCUT2D eigenvalue weighted by atomic mass is 9.99. The minimum Gasteiger partial charge on any atom is -0.317 e. The van der Waals surface area contributed by atoms with Gasteiger partial charge in [0.2, 0.25) is 0 Å². The zero-order valence-electron chi connectivity index (χ0n) is 15.4. The molecule has 1 saturated heterocycles. The van der Waals surface area contributed by atoms with E-state index in [2.05, 4.69) is 34.5 Å². The van der Waals surface area contributed by atoms with E-state index in [9.17, 15) is 4.79 Å². The second-order valence-electron chi connectivity index (χ2n) is 6.94. The van der Waals surface area contributed by atoms with Crippen LogP contribution in [-0.4, -0.2) is 32.2 Å². The van der Waals surface area contributed by atoms with E-state index in [0.717, 1.165) is 36.1 Å². The van der Waals surface area contributed by atoms with Gasteiger partial charge in [-0.2, -0.15) is 5.10 Å². The van der Waals surface area contributed by atoms with Gasteiger partial charge in [-0.1, -0.05) is 24.3 Å². The van der Waals surface area contributed by atoms with Crippen LogP contribution in [0.4, 0.5) is 10.5 Å². The zero-order valence-corrected chi connectivity index (χ0v) is 15.4. The maximum absolute atomic E-state index is 12.9. The maximum atomic E-state index is 12.9. The summed E-state index contributed by atoms with van der Waals surface area (Å²) >= 11 is 0. The molecule has 1 aliphatic heterocycles. The van der Waals surface area contributed by atoms with Gasteiger partial charge in [-0.05, 0) is 43.9 Å². The van der Waals surface area contributed by atoms with E-state index in [1.54, 1.807) is 10.9 Å². The van der Waals surface area contributed by atoms with Crippen molar-refractivity contribution in [1.29, 1.82) is 0 Å². The summed E-state index contributed by atoms with van der Waals surface area (Å²) in [6.07, 6.45) is 3.71. The van der Waals surface area contributed by atoms with Crippen molar-refractivity contribution in [2.75, 3.05) is 11.9 Å².